The molecule has 1 aromatic carbocycles. The van der Waals surface area contributed by atoms with Crippen molar-refractivity contribution in [2.24, 2.45) is 0 Å². The van der Waals surface area contributed by atoms with E-state index in [0.717, 1.165) is 5.33 Å². The van der Waals surface area contributed by atoms with Crippen LogP contribution in [0.1, 0.15) is 5.56 Å². The Labute approximate surface area is 81.3 Å². The number of halogens is 6. The molecule has 0 bridgehead atoms. The highest BCUT2D eigenvalue weighted by molar-refractivity contribution is 9.08. The molecule has 13 heavy (non-hydrogen) atoms. The van der Waals surface area contributed by atoms with Crippen LogP contribution < -0.4 is 0 Å². The molecule has 0 fully saturated rings. The lowest BCUT2D eigenvalue weighted by atomic mass is 10.2. The molecule has 82 valence electrons. The van der Waals surface area contributed by atoms with Crippen molar-refractivity contribution in [3.05, 3.63) is 35.9 Å². The third-order valence-electron chi connectivity index (χ3n) is 0.997. The van der Waals surface area contributed by atoms with Gasteiger partial charge in [0.1, 0.15) is 0 Å². The van der Waals surface area contributed by atoms with E-state index in [2.05, 4.69) is 28.1 Å². The van der Waals surface area contributed by atoms with Crippen LogP contribution in [0, 0.1) is 0 Å². The molecule has 1 aromatic rings. The van der Waals surface area contributed by atoms with E-state index in [1.165, 1.54) is 5.56 Å². The second-order valence-corrected chi connectivity index (χ2v) is 2.18. The zero-order valence-electron chi connectivity index (χ0n) is 6.51. The number of rotatable bonds is 1. The quantitative estimate of drug-likeness (QED) is 0.543. The third kappa shape index (κ3) is 11.3. The van der Waals surface area contributed by atoms with Gasteiger partial charge in [0.2, 0.25) is 0 Å². The maximum atomic E-state index is 3.36. The van der Waals surface area contributed by atoms with Gasteiger partial charge in [-0.1, -0.05) is 46.3 Å². The highest BCUT2D eigenvalue weighted by atomic mass is 79.9. The van der Waals surface area contributed by atoms with E-state index in [0.29, 0.717) is 0 Å². The van der Waals surface area contributed by atoms with Gasteiger partial charge in [-0.05, 0) is 5.56 Å². The molecule has 0 aliphatic carbocycles. The Morgan fingerprint density at radius 3 is 1.38 bits per heavy atom. The summed E-state index contributed by atoms with van der Waals surface area (Å²) in [4.78, 5) is 0. The highest BCUT2D eigenvalue weighted by Crippen LogP contribution is 2.02. The molecule has 0 aromatic heterocycles. The minimum Gasteiger partial charge on any atom is -0.269 e. The Morgan fingerprint density at radius 2 is 1.15 bits per heavy atom. The van der Waals surface area contributed by atoms with E-state index in [-0.39, 0.29) is 23.5 Å². The van der Waals surface area contributed by atoms with E-state index in [4.69, 9.17) is 0 Å². The maximum Gasteiger partial charge on any atom is 0.0283 e. The summed E-state index contributed by atoms with van der Waals surface area (Å²) >= 11 is 3.36. The van der Waals surface area contributed by atoms with Crippen LogP contribution in [0.4, 0.5) is 23.5 Å². The van der Waals surface area contributed by atoms with Gasteiger partial charge in [-0.2, -0.15) is 0 Å². The van der Waals surface area contributed by atoms with Crippen LogP contribution in [-0.2, 0) is 5.33 Å². The molecule has 6 heteroatoms. The second-order valence-electron chi connectivity index (χ2n) is 1.62. The van der Waals surface area contributed by atoms with E-state index in [1.54, 1.807) is 0 Å². The molecule has 0 heterocycles. The van der Waals surface area contributed by atoms with Crippen LogP contribution >= 0.6 is 15.9 Å². The molecule has 0 unspecified atom stereocenters. The number of hydrogen-bond donors (Lipinski definition) is 0. The molecule has 0 radical (unpaired) electrons. The van der Waals surface area contributed by atoms with Gasteiger partial charge in [0.15, 0.2) is 0 Å². The van der Waals surface area contributed by atoms with Gasteiger partial charge < -0.3 is 0 Å². The van der Waals surface area contributed by atoms with Crippen molar-refractivity contribution in [1.82, 2.24) is 0 Å². The molecule has 0 N–H and O–H groups in total. The van der Waals surface area contributed by atoms with Crippen molar-refractivity contribution < 1.29 is 23.5 Å². The predicted molar refractivity (Wildman–Crippen MR) is 51.6 cm³/mol. The summed E-state index contributed by atoms with van der Waals surface area (Å²) in [6, 6.07) is 10.3. The lowest BCUT2D eigenvalue weighted by Gasteiger charge is -1.88. The molecule has 0 saturated carbocycles. The SMILES string of the molecule is BrCc1ccccc1.F.F.F.F.F. The van der Waals surface area contributed by atoms with Crippen LogP contribution in [0.5, 0.6) is 0 Å². The van der Waals surface area contributed by atoms with Crippen molar-refractivity contribution in [2.75, 3.05) is 0 Å². The molecule has 0 amide bonds. The first-order valence-corrected chi connectivity index (χ1v) is 3.65. The molecule has 0 atom stereocenters. The molecule has 0 aliphatic rings. The number of benzene rings is 1. The summed E-state index contributed by atoms with van der Waals surface area (Å²) in [7, 11) is 0. The fraction of sp³-hybridized carbons (Fsp3) is 0.143. The van der Waals surface area contributed by atoms with Gasteiger partial charge in [-0.15, -0.1) is 0 Å². The molecular weight excluding hydrogens is 259 g/mol. The summed E-state index contributed by atoms with van der Waals surface area (Å²) in [5, 5.41) is 0.952. The van der Waals surface area contributed by atoms with Crippen molar-refractivity contribution in [3.8, 4) is 0 Å². The summed E-state index contributed by atoms with van der Waals surface area (Å²) in [6.45, 7) is 0. The molecule has 0 aliphatic heterocycles. The zero-order valence-corrected chi connectivity index (χ0v) is 8.10. The topological polar surface area (TPSA) is 0 Å². The standard InChI is InChI=1S/C7H7Br.5FH/c8-6-7-4-2-1-3-5-7;;;;;/h1-5H,6H2;5*1H. The van der Waals surface area contributed by atoms with Crippen LogP contribution in [0.2, 0.25) is 0 Å². The first kappa shape index (κ1) is 29.4. The zero-order chi connectivity index (χ0) is 5.82. The summed E-state index contributed by atoms with van der Waals surface area (Å²) in [6.07, 6.45) is 0. The molecular formula is C7H12BrF5. The van der Waals surface area contributed by atoms with E-state index in [9.17, 15) is 0 Å². The third-order valence-corrected chi connectivity index (χ3v) is 1.64. The van der Waals surface area contributed by atoms with Crippen LogP contribution in [-0.4, -0.2) is 0 Å². The fourth-order valence-corrected chi connectivity index (χ4v) is 0.941. The summed E-state index contributed by atoms with van der Waals surface area (Å²) in [5.41, 5.74) is 1.33. The largest absolute Gasteiger partial charge is 0.269 e. The molecule has 0 spiro atoms. The van der Waals surface area contributed by atoms with E-state index in [1.807, 2.05) is 18.2 Å². The average molecular weight is 271 g/mol. The second kappa shape index (κ2) is 17.4. The first-order chi connectivity index (χ1) is 3.93. The Hall–Kier alpha value is -0.650. The Bertz CT molecular complexity index is 158. The lowest BCUT2D eigenvalue weighted by Crippen LogP contribution is -1.70. The van der Waals surface area contributed by atoms with Crippen molar-refractivity contribution >= 4 is 15.9 Å². The number of hydrogen-bond acceptors (Lipinski definition) is 0. The minimum atomic E-state index is 0. The smallest absolute Gasteiger partial charge is 0.0283 e. The maximum absolute atomic E-state index is 3.36. The van der Waals surface area contributed by atoms with Gasteiger partial charge in [0.25, 0.3) is 0 Å². The Morgan fingerprint density at radius 1 is 0.769 bits per heavy atom. The molecule has 0 nitrogen and oxygen atoms in total. The van der Waals surface area contributed by atoms with E-state index < -0.39 is 0 Å². The molecule has 1 rings (SSSR count). The molecule has 0 saturated heterocycles. The highest BCUT2D eigenvalue weighted by Gasteiger charge is 1.81. The van der Waals surface area contributed by atoms with Crippen LogP contribution in [0.25, 0.3) is 0 Å². The summed E-state index contributed by atoms with van der Waals surface area (Å²) < 4.78 is 0. The fourth-order valence-electron chi connectivity index (χ4n) is 0.567. The summed E-state index contributed by atoms with van der Waals surface area (Å²) in [5.74, 6) is 0. The van der Waals surface area contributed by atoms with Crippen LogP contribution in [0.15, 0.2) is 30.3 Å². The van der Waals surface area contributed by atoms with Crippen LogP contribution in [0.3, 0.4) is 0 Å². The van der Waals surface area contributed by atoms with E-state index >= 15 is 0 Å². The van der Waals surface area contributed by atoms with Crippen molar-refractivity contribution in [2.45, 2.75) is 5.33 Å². The monoisotopic (exact) mass is 270 g/mol. The van der Waals surface area contributed by atoms with Gasteiger partial charge in [-0.25, -0.2) is 0 Å². The van der Waals surface area contributed by atoms with Gasteiger partial charge >= 0.3 is 0 Å². The van der Waals surface area contributed by atoms with Gasteiger partial charge in [0, 0.05) is 5.33 Å². The minimum absolute atomic E-state index is 0. The normalized spacial score (nSPS) is 5.62. The lowest BCUT2D eigenvalue weighted by molar-refractivity contribution is 1.11. The Balaban J connectivity index is -0.0000000427. The van der Waals surface area contributed by atoms with Crippen molar-refractivity contribution in [1.29, 1.82) is 0 Å². The van der Waals surface area contributed by atoms with Gasteiger partial charge in [-0.3, -0.25) is 23.5 Å². The number of alkyl halides is 1. The average Bonchev–Trinajstić information content (AvgIpc) is 1.90. The predicted octanol–water partition coefficient (Wildman–Crippen LogP) is 3.34. The first-order valence-electron chi connectivity index (χ1n) is 2.53. The van der Waals surface area contributed by atoms with Crippen molar-refractivity contribution in [3.63, 3.8) is 0 Å². The Kier molecular flexibility index (Phi) is 39.5. The van der Waals surface area contributed by atoms with Gasteiger partial charge in [0.05, 0.1) is 0 Å².